The second-order valence-electron chi connectivity index (χ2n) is 9.81. The molecular weight excluding hydrogens is 557 g/mol. The van der Waals surface area contributed by atoms with Crippen molar-refractivity contribution in [3.63, 3.8) is 0 Å². The fourth-order valence-corrected chi connectivity index (χ4v) is 10.3. The Kier molecular flexibility index (Phi) is 10.1. The Morgan fingerprint density at radius 1 is 0.744 bits per heavy atom. The van der Waals surface area contributed by atoms with Gasteiger partial charge in [0, 0.05) is 0 Å². The average molecular weight is 592 g/mol. The van der Waals surface area contributed by atoms with Crippen LogP contribution in [-0.2, 0) is 24.5 Å². The summed E-state index contributed by atoms with van der Waals surface area (Å²) in [7, 11) is -3.31. The topological polar surface area (TPSA) is 99.4 Å². The Hall–Kier alpha value is -4.72. The van der Waals surface area contributed by atoms with E-state index >= 15 is 0 Å². The standard InChI is InChI=1S/C36H34NO5P/c1-4-41-34(39)32(36(26-37,27(3)38)28-18-10-6-11-19-28)33(35(40)42-5-2)43(29-20-12-7-13-21-29,30-22-14-8-15-23-30)31-24-16-9-17-25-31/h6-25,32H,4-5H2,1-3H3/b35-33+. The highest BCUT2D eigenvalue weighted by Gasteiger charge is 2.62. The summed E-state index contributed by atoms with van der Waals surface area (Å²) in [6, 6.07) is 39.0. The van der Waals surface area contributed by atoms with E-state index in [1.54, 1.807) is 44.2 Å². The Labute approximate surface area is 253 Å². The van der Waals surface area contributed by atoms with Crippen LogP contribution in [0.2, 0.25) is 0 Å². The van der Waals surface area contributed by atoms with Crippen molar-refractivity contribution in [2.45, 2.75) is 26.2 Å². The van der Waals surface area contributed by atoms with Crippen LogP contribution in [0.4, 0.5) is 0 Å². The molecule has 0 heterocycles. The van der Waals surface area contributed by atoms with Gasteiger partial charge in [-0.15, -0.1) is 0 Å². The van der Waals surface area contributed by atoms with Crippen molar-refractivity contribution >= 4 is 34.9 Å². The van der Waals surface area contributed by atoms with Gasteiger partial charge in [-0.2, -0.15) is 5.26 Å². The van der Waals surface area contributed by atoms with E-state index in [0.717, 1.165) is 15.9 Å². The van der Waals surface area contributed by atoms with Crippen LogP contribution in [-0.4, -0.2) is 25.0 Å². The van der Waals surface area contributed by atoms with Crippen LogP contribution in [0.3, 0.4) is 0 Å². The van der Waals surface area contributed by atoms with Gasteiger partial charge in [-0.1, -0.05) is 91.9 Å². The normalized spacial score (nSPS) is 13.9. The van der Waals surface area contributed by atoms with Gasteiger partial charge in [-0.3, -0.25) is 9.59 Å². The van der Waals surface area contributed by atoms with Crippen LogP contribution in [0, 0.1) is 17.2 Å². The minimum atomic E-state index is -3.31. The molecule has 0 aliphatic rings. The van der Waals surface area contributed by atoms with Crippen molar-refractivity contribution in [3.05, 3.63) is 138 Å². The number of rotatable bonds is 12. The molecular formula is C36H34NO5P. The van der Waals surface area contributed by atoms with E-state index in [4.69, 9.17) is 9.47 Å². The van der Waals surface area contributed by atoms with E-state index in [2.05, 4.69) is 6.07 Å². The summed E-state index contributed by atoms with van der Waals surface area (Å²) >= 11 is 0. The van der Waals surface area contributed by atoms with Crippen molar-refractivity contribution in [2.75, 3.05) is 13.2 Å². The van der Waals surface area contributed by atoms with E-state index in [-0.39, 0.29) is 24.1 Å². The minimum Gasteiger partial charge on any atom is -0.611 e. The number of esters is 1. The Bertz CT molecular complexity index is 1500. The summed E-state index contributed by atoms with van der Waals surface area (Å²) in [6.45, 7) is 4.60. The van der Waals surface area contributed by atoms with Crippen molar-refractivity contribution in [3.8, 4) is 6.07 Å². The number of nitriles is 1. The Morgan fingerprint density at radius 2 is 1.14 bits per heavy atom. The third kappa shape index (κ3) is 5.69. The average Bonchev–Trinajstić information content (AvgIpc) is 3.04. The highest BCUT2D eigenvalue weighted by Crippen LogP contribution is 2.67. The number of ether oxygens (including phenoxy) is 2. The molecule has 0 spiro atoms. The highest BCUT2D eigenvalue weighted by molar-refractivity contribution is 7.99. The van der Waals surface area contributed by atoms with Crippen LogP contribution in [0.15, 0.2) is 133 Å². The zero-order valence-electron chi connectivity index (χ0n) is 24.5. The highest BCUT2D eigenvalue weighted by atomic mass is 31.2. The largest absolute Gasteiger partial charge is 0.611 e. The summed E-state index contributed by atoms with van der Waals surface area (Å²) in [6.07, 6.45) is 0. The number of nitrogens with zero attached hydrogens (tertiary/aromatic N) is 1. The summed E-state index contributed by atoms with van der Waals surface area (Å²) in [4.78, 5) is 28.3. The smallest absolute Gasteiger partial charge is 0.319 e. The molecule has 6 nitrogen and oxygen atoms in total. The summed E-state index contributed by atoms with van der Waals surface area (Å²) in [5, 5.41) is 27.9. The van der Waals surface area contributed by atoms with Gasteiger partial charge in [0.2, 0.25) is 0 Å². The summed E-state index contributed by atoms with van der Waals surface area (Å²) in [5.74, 6) is -3.83. The first-order valence-corrected chi connectivity index (χ1v) is 15.9. The van der Waals surface area contributed by atoms with E-state index in [1.165, 1.54) is 6.92 Å². The molecule has 4 aromatic carbocycles. The maximum atomic E-state index is 14.6. The van der Waals surface area contributed by atoms with Gasteiger partial charge in [-0.25, -0.2) is 0 Å². The van der Waals surface area contributed by atoms with Gasteiger partial charge >= 0.3 is 5.97 Å². The first kappa shape index (κ1) is 31.2. The number of carbonyl (C=O) groups is 2. The van der Waals surface area contributed by atoms with Crippen LogP contribution >= 0.6 is 7.26 Å². The molecule has 2 atom stereocenters. The molecule has 0 aliphatic heterocycles. The fourth-order valence-electron chi connectivity index (χ4n) is 5.67. The summed E-state index contributed by atoms with van der Waals surface area (Å²) in [5.41, 5.74) is -1.81. The number of carbonyl (C=O) groups excluding carboxylic acids is 2. The second kappa shape index (κ2) is 14.0. The lowest BCUT2D eigenvalue weighted by Gasteiger charge is -2.40. The van der Waals surface area contributed by atoms with Crippen LogP contribution < -0.4 is 21.0 Å². The number of Topliss-reactive ketones (excluding diaryl/α,β-unsaturated/α-hetero) is 1. The molecule has 7 heteroatoms. The fraction of sp³-hybridized carbons (Fsp3) is 0.194. The zero-order valence-corrected chi connectivity index (χ0v) is 25.4. The summed E-state index contributed by atoms with van der Waals surface area (Å²) < 4.78 is 11.4. The number of ketones is 1. The van der Waals surface area contributed by atoms with Crippen molar-refractivity contribution in [1.29, 1.82) is 5.26 Å². The molecule has 0 fully saturated rings. The quantitative estimate of drug-likeness (QED) is 0.134. The maximum absolute atomic E-state index is 14.6. The predicted molar refractivity (Wildman–Crippen MR) is 168 cm³/mol. The number of hydrogen-bond acceptors (Lipinski definition) is 6. The molecule has 0 aliphatic carbocycles. The van der Waals surface area contributed by atoms with Crippen LogP contribution in [0.5, 0.6) is 0 Å². The molecule has 0 saturated heterocycles. The molecule has 0 amide bonds. The second-order valence-corrected chi connectivity index (χ2v) is 13.2. The number of hydrogen-bond donors (Lipinski definition) is 0. The molecule has 0 radical (unpaired) electrons. The Balaban J connectivity index is 2.32. The van der Waals surface area contributed by atoms with E-state index in [9.17, 15) is 20.0 Å². The lowest BCUT2D eigenvalue weighted by Crippen LogP contribution is -2.50. The molecule has 0 aromatic heterocycles. The molecule has 0 N–H and O–H groups in total. The minimum absolute atomic E-state index is 0.0151. The molecule has 2 unspecified atom stereocenters. The van der Waals surface area contributed by atoms with Crippen LogP contribution in [0.1, 0.15) is 26.3 Å². The molecule has 43 heavy (non-hydrogen) atoms. The van der Waals surface area contributed by atoms with Crippen molar-refractivity contribution in [1.82, 2.24) is 0 Å². The third-order valence-corrected chi connectivity index (χ3v) is 11.8. The van der Waals surface area contributed by atoms with Gasteiger partial charge in [0.15, 0.2) is 11.2 Å². The lowest BCUT2D eigenvalue weighted by atomic mass is 9.68. The van der Waals surface area contributed by atoms with Crippen LogP contribution in [0.25, 0.3) is 0 Å². The van der Waals surface area contributed by atoms with Gasteiger partial charge in [0.25, 0.3) is 0 Å². The van der Waals surface area contributed by atoms with Gasteiger partial charge < -0.3 is 14.6 Å². The van der Waals surface area contributed by atoms with Crippen molar-refractivity contribution < 1.29 is 24.2 Å². The third-order valence-electron chi connectivity index (χ3n) is 7.47. The maximum Gasteiger partial charge on any atom is 0.319 e. The van der Waals surface area contributed by atoms with Gasteiger partial charge in [0.1, 0.15) is 34.4 Å². The lowest BCUT2D eigenvalue weighted by molar-refractivity contribution is -0.358. The SMILES string of the molecule is CCOC(=O)C(/C(=C(/[O-])OCC)[P+](c1ccccc1)(c1ccccc1)c1ccccc1)C(C#N)(C(C)=O)c1ccccc1. The molecule has 0 bridgehead atoms. The van der Waals surface area contributed by atoms with E-state index < -0.39 is 36.3 Å². The van der Waals surface area contributed by atoms with Gasteiger partial charge in [-0.05, 0) is 62.4 Å². The van der Waals surface area contributed by atoms with E-state index in [1.807, 2.05) is 91.0 Å². The monoisotopic (exact) mass is 591 g/mol. The number of benzene rings is 4. The van der Waals surface area contributed by atoms with E-state index in [0.29, 0.717) is 0 Å². The van der Waals surface area contributed by atoms with Gasteiger partial charge in [0.05, 0.1) is 18.6 Å². The van der Waals surface area contributed by atoms with Crippen molar-refractivity contribution in [2.24, 2.45) is 5.92 Å². The predicted octanol–water partition coefficient (Wildman–Crippen LogP) is 4.78. The Morgan fingerprint density at radius 3 is 1.49 bits per heavy atom. The zero-order chi connectivity index (χ0) is 30.9. The first-order valence-electron chi connectivity index (χ1n) is 14.1. The molecule has 218 valence electrons. The molecule has 4 rings (SSSR count). The first-order chi connectivity index (χ1) is 20.9. The molecule has 0 saturated carbocycles. The molecule has 4 aromatic rings.